The van der Waals surface area contributed by atoms with Crippen molar-refractivity contribution in [3.8, 4) is 28.1 Å². The summed E-state index contributed by atoms with van der Waals surface area (Å²) < 4.78 is 8.86. The lowest BCUT2D eigenvalue weighted by Crippen LogP contribution is -1.94. The summed E-state index contributed by atoms with van der Waals surface area (Å²) in [6, 6.07) is 44.6. The number of rotatable bonds is 3. The minimum absolute atomic E-state index is 0.887. The topological polar surface area (TPSA) is 31.0 Å². The van der Waals surface area contributed by atoms with Crippen molar-refractivity contribution < 1.29 is 4.42 Å². The Kier molecular flexibility index (Phi) is 4.52. The molecule has 0 radical (unpaired) electrons. The summed E-state index contributed by atoms with van der Waals surface area (Å²) in [4.78, 5) is 4.65. The van der Waals surface area contributed by atoms with E-state index in [1.807, 2.05) is 30.5 Å². The molecule has 0 aliphatic rings. The average Bonchev–Trinajstić information content (AvgIpc) is 3.57. The van der Waals surface area contributed by atoms with Crippen LogP contribution in [0.4, 0.5) is 0 Å². The van der Waals surface area contributed by atoms with E-state index in [1.165, 1.54) is 5.39 Å². The molecule has 38 heavy (non-hydrogen) atoms. The summed E-state index contributed by atoms with van der Waals surface area (Å²) in [5.41, 5.74) is 8.73. The van der Waals surface area contributed by atoms with Gasteiger partial charge in [-0.05, 0) is 48.0 Å². The molecule has 8 rings (SSSR count). The first kappa shape index (κ1) is 21.0. The fraction of sp³-hybridized carbons (Fsp3) is 0. The van der Waals surface area contributed by atoms with Gasteiger partial charge in [0.05, 0.1) is 21.9 Å². The first-order chi connectivity index (χ1) is 18.8. The average molecular weight is 487 g/mol. The number of fused-ring (bicyclic) bond motifs is 6. The zero-order valence-corrected chi connectivity index (χ0v) is 20.5. The maximum absolute atomic E-state index is 6.52. The van der Waals surface area contributed by atoms with Gasteiger partial charge in [-0.2, -0.15) is 0 Å². The minimum Gasteiger partial charge on any atom is -0.455 e. The number of furan rings is 1. The molecule has 0 aliphatic carbocycles. The van der Waals surface area contributed by atoms with Gasteiger partial charge in [-0.3, -0.25) is 4.98 Å². The molecule has 0 fully saturated rings. The van der Waals surface area contributed by atoms with Gasteiger partial charge in [-0.1, -0.05) is 84.9 Å². The van der Waals surface area contributed by atoms with Crippen LogP contribution in [-0.2, 0) is 0 Å². The van der Waals surface area contributed by atoms with Crippen molar-refractivity contribution in [2.75, 3.05) is 0 Å². The van der Waals surface area contributed by atoms with Crippen LogP contribution in [0.2, 0.25) is 0 Å². The summed E-state index contributed by atoms with van der Waals surface area (Å²) in [5, 5.41) is 4.58. The van der Waals surface area contributed by atoms with Crippen molar-refractivity contribution in [3.63, 3.8) is 0 Å². The molecular formula is C35H22N2O. The summed E-state index contributed by atoms with van der Waals surface area (Å²) in [6.07, 6.45) is 1.86. The van der Waals surface area contributed by atoms with Crippen LogP contribution in [0, 0.1) is 0 Å². The van der Waals surface area contributed by atoms with Gasteiger partial charge in [0.15, 0.2) is 0 Å². The Hall–Kier alpha value is -5.15. The molecule has 3 heteroatoms. The lowest BCUT2D eigenvalue weighted by molar-refractivity contribution is 0.635. The van der Waals surface area contributed by atoms with Crippen molar-refractivity contribution in [3.05, 3.63) is 134 Å². The van der Waals surface area contributed by atoms with Crippen molar-refractivity contribution in [1.82, 2.24) is 9.55 Å². The molecule has 0 unspecified atom stereocenters. The summed E-state index contributed by atoms with van der Waals surface area (Å²) in [6.45, 7) is 0. The fourth-order valence-corrected chi connectivity index (χ4v) is 5.70. The van der Waals surface area contributed by atoms with E-state index in [9.17, 15) is 0 Å². The highest BCUT2D eigenvalue weighted by atomic mass is 16.3. The number of aromatic nitrogens is 2. The zero-order valence-electron chi connectivity index (χ0n) is 20.5. The van der Waals surface area contributed by atoms with E-state index in [-0.39, 0.29) is 0 Å². The molecule has 0 bridgehead atoms. The third-order valence-electron chi connectivity index (χ3n) is 7.45. The highest BCUT2D eigenvalue weighted by molar-refractivity contribution is 6.20. The van der Waals surface area contributed by atoms with E-state index < -0.39 is 0 Å². The van der Waals surface area contributed by atoms with Crippen LogP contribution in [0.25, 0.3) is 71.8 Å². The van der Waals surface area contributed by atoms with E-state index in [0.717, 1.165) is 66.4 Å². The molecule has 3 aromatic heterocycles. The zero-order chi connectivity index (χ0) is 25.1. The highest BCUT2D eigenvalue weighted by Gasteiger charge is 2.18. The normalized spacial score (nSPS) is 11.7. The van der Waals surface area contributed by atoms with Gasteiger partial charge >= 0.3 is 0 Å². The number of hydrogen-bond donors (Lipinski definition) is 0. The monoisotopic (exact) mass is 486 g/mol. The Morgan fingerprint density at radius 3 is 2.29 bits per heavy atom. The van der Waals surface area contributed by atoms with Crippen LogP contribution in [0.5, 0.6) is 0 Å². The molecule has 3 nitrogen and oxygen atoms in total. The van der Waals surface area contributed by atoms with Gasteiger partial charge in [0.2, 0.25) is 0 Å². The van der Waals surface area contributed by atoms with Crippen LogP contribution in [0.1, 0.15) is 0 Å². The highest BCUT2D eigenvalue weighted by Crippen LogP contribution is 2.40. The van der Waals surface area contributed by atoms with Crippen molar-refractivity contribution >= 4 is 43.7 Å². The quantitative estimate of drug-likeness (QED) is 0.249. The Labute approximate surface area is 219 Å². The molecule has 5 aromatic carbocycles. The fourth-order valence-electron chi connectivity index (χ4n) is 5.70. The number of nitrogens with zero attached hydrogens (tertiary/aromatic N) is 2. The Bertz CT molecular complexity index is 2110. The van der Waals surface area contributed by atoms with Crippen LogP contribution in [0.15, 0.2) is 138 Å². The van der Waals surface area contributed by atoms with Gasteiger partial charge in [0, 0.05) is 39.2 Å². The maximum Gasteiger partial charge on any atom is 0.144 e. The molecule has 178 valence electrons. The summed E-state index contributed by atoms with van der Waals surface area (Å²) in [7, 11) is 0. The molecule has 0 N–H and O–H groups in total. The number of pyridine rings is 1. The largest absolute Gasteiger partial charge is 0.455 e. The minimum atomic E-state index is 0.887. The molecule has 0 amide bonds. The molecule has 3 heterocycles. The van der Waals surface area contributed by atoms with E-state index >= 15 is 0 Å². The molecule has 0 spiro atoms. The maximum atomic E-state index is 6.52. The summed E-state index contributed by atoms with van der Waals surface area (Å²) >= 11 is 0. The first-order valence-corrected chi connectivity index (χ1v) is 12.8. The molecule has 0 saturated carbocycles. The van der Waals surface area contributed by atoms with Gasteiger partial charge in [0.1, 0.15) is 11.3 Å². The van der Waals surface area contributed by atoms with Crippen LogP contribution < -0.4 is 0 Å². The number of benzene rings is 5. The standard InChI is InChI=1S/C35H22N2O/c1-2-8-24(9-3-1)32-22-26-17-20-31-33(35(26)38-32)29-12-4-5-14-30(29)37(31)27-18-15-23(16-19-27)28-13-6-10-25-11-7-21-36-34(25)28/h1-22H. The predicted molar refractivity (Wildman–Crippen MR) is 157 cm³/mol. The molecule has 0 aliphatic heterocycles. The van der Waals surface area contributed by atoms with E-state index in [0.29, 0.717) is 0 Å². The molecule has 0 atom stereocenters. The third kappa shape index (κ3) is 3.12. The second-order valence-electron chi connectivity index (χ2n) is 9.63. The van der Waals surface area contributed by atoms with E-state index in [2.05, 4.69) is 113 Å². The van der Waals surface area contributed by atoms with E-state index in [1.54, 1.807) is 0 Å². The van der Waals surface area contributed by atoms with Gasteiger partial charge < -0.3 is 8.98 Å². The molecule has 8 aromatic rings. The van der Waals surface area contributed by atoms with Crippen LogP contribution in [-0.4, -0.2) is 9.55 Å². The smallest absolute Gasteiger partial charge is 0.144 e. The van der Waals surface area contributed by atoms with Gasteiger partial charge in [-0.25, -0.2) is 0 Å². The third-order valence-corrected chi connectivity index (χ3v) is 7.45. The van der Waals surface area contributed by atoms with Crippen molar-refractivity contribution in [1.29, 1.82) is 0 Å². The van der Waals surface area contributed by atoms with Gasteiger partial charge in [0.25, 0.3) is 0 Å². The van der Waals surface area contributed by atoms with E-state index in [4.69, 9.17) is 4.42 Å². The number of para-hydroxylation sites is 2. The van der Waals surface area contributed by atoms with Crippen LogP contribution >= 0.6 is 0 Å². The Morgan fingerprint density at radius 1 is 0.579 bits per heavy atom. The second-order valence-corrected chi connectivity index (χ2v) is 9.63. The lowest BCUT2D eigenvalue weighted by Gasteiger charge is -2.10. The van der Waals surface area contributed by atoms with Crippen LogP contribution in [0.3, 0.4) is 0 Å². The van der Waals surface area contributed by atoms with Crippen molar-refractivity contribution in [2.24, 2.45) is 0 Å². The Balaban J connectivity index is 1.33. The second kappa shape index (κ2) is 8.19. The molecular weight excluding hydrogens is 464 g/mol. The predicted octanol–water partition coefficient (Wildman–Crippen LogP) is 9.41. The number of hydrogen-bond acceptors (Lipinski definition) is 2. The SMILES string of the molecule is c1ccc(-c2cc3ccc4c(c5ccccc5n4-c4ccc(-c5cccc6cccnc56)cc4)c3o2)cc1. The first-order valence-electron chi connectivity index (χ1n) is 12.8. The summed E-state index contributed by atoms with van der Waals surface area (Å²) in [5.74, 6) is 0.887. The Morgan fingerprint density at radius 2 is 1.39 bits per heavy atom. The lowest BCUT2D eigenvalue weighted by atomic mass is 10.0. The van der Waals surface area contributed by atoms with Crippen molar-refractivity contribution in [2.45, 2.75) is 0 Å². The molecule has 0 saturated heterocycles. The van der Waals surface area contributed by atoms with Gasteiger partial charge in [-0.15, -0.1) is 0 Å².